The van der Waals surface area contributed by atoms with Gasteiger partial charge in [0.2, 0.25) is 11.9 Å². The van der Waals surface area contributed by atoms with Crippen molar-refractivity contribution in [1.82, 2.24) is 30.2 Å². The van der Waals surface area contributed by atoms with Gasteiger partial charge in [-0.1, -0.05) is 25.4 Å². The number of piperazine rings is 1. The van der Waals surface area contributed by atoms with E-state index in [2.05, 4.69) is 42.3 Å². The van der Waals surface area contributed by atoms with Crippen molar-refractivity contribution >= 4 is 52.8 Å². The van der Waals surface area contributed by atoms with Gasteiger partial charge in [0.1, 0.15) is 17.5 Å². The van der Waals surface area contributed by atoms with E-state index < -0.39 is 0 Å². The molecule has 1 amide bonds. The van der Waals surface area contributed by atoms with Crippen LogP contribution in [0.15, 0.2) is 0 Å². The highest BCUT2D eigenvalue weighted by atomic mass is 35.5. The molecular formula is C23H34ClN9OS. The van der Waals surface area contributed by atoms with Crippen LogP contribution in [-0.4, -0.2) is 95.6 Å². The molecule has 0 aromatic carbocycles. The van der Waals surface area contributed by atoms with E-state index in [9.17, 15) is 4.79 Å². The second kappa shape index (κ2) is 11.6. The lowest BCUT2D eigenvalue weighted by molar-refractivity contribution is 0.0963. The van der Waals surface area contributed by atoms with Gasteiger partial charge in [-0.15, -0.1) is 0 Å². The van der Waals surface area contributed by atoms with Crippen LogP contribution in [0.1, 0.15) is 35.6 Å². The Morgan fingerprint density at radius 3 is 2.31 bits per heavy atom. The molecular weight excluding hydrogens is 486 g/mol. The Hall–Kier alpha value is -2.37. The van der Waals surface area contributed by atoms with Gasteiger partial charge in [-0.25, -0.2) is 4.98 Å². The number of aromatic nitrogens is 4. The quantitative estimate of drug-likeness (QED) is 0.567. The molecule has 12 heteroatoms. The Morgan fingerprint density at radius 2 is 1.69 bits per heavy atom. The van der Waals surface area contributed by atoms with Gasteiger partial charge in [-0.3, -0.25) is 4.79 Å². The minimum absolute atomic E-state index is 0.247. The maximum Gasteiger partial charge on any atom is 0.255 e. The van der Waals surface area contributed by atoms with E-state index in [-0.39, 0.29) is 5.91 Å². The lowest BCUT2D eigenvalue weighted by Gasteiger charge is -2.32. The van der Waals surface area contributed by atoms with Crippen LogP contribution in [0.25, 0.3) is 0 Å². The second-order valence-electron chi connectivity index (χ2n) is 8.63. The normalized spacial score (nSPS) is 16.9. The van der Waals surface area contributed by atoms with Gasteiger partial charge in [-0.2, -0.15) is 26.7 Å². The minimum atomic E-state index is -0.247. The molecule has 2 aliphatic heterocycles. The zero-order valence-corrected chi connectivity index (χ0v) is 22.5. The highest BCUT2D eigenvalue weighted by molar-refractivity contribution is 7.99. The number of halogens is 1. The lowest BCUT2D eigenvalue weighted by Crippen LogP contribution is -2.45. The van der Waals surface area contributed by atoms with Crippen molar-refractivity contribution in [3.63, 3.8) is 0 Å². The summed E-state index contributed by atoms with van der Waals surface area (Å²) in [7, 11) is 3.73. The van der Waals surface area contributed by atoms with Crippen LogP contribution in [-0.2, 0) is 12.8 Å². The minimum Gasteiger partial charge on any atom is -0.355 e. The monoisotopic (exact) mass is 519 g/mol. The molecule has 0 unspecified atom stereocenters. The molecule has 0 saturated carbocycles. The molecule has 0 atom stereocenters. The van der Waals surface area contributed by atoms with Gasteiger partial charge >= 0.3 is 0 Å². The summed E-state index contributed by atoms with van der Waals surface area (Å²) in [5.74, 6) is 4.61. The largest absolute Gasteiger partial charge is 0.355 e. The second-order valence-corrected chi connectivity index (χ2v) is 10.2. The van der Waals surface area contributed by atoms with Crippen LogP contribution in [0.2, 0.25) is 5.02 Å². The SMILES string of the molecule is CCc1nc(Nc2nc(N3CCSCC3)c(Cl)c(CC)c2C(=O)NC)nc(N2CCN(C)CC2)n1. The summed E-state index contributed by atoms with van der Waals surface area (Å²) in [6, 6.07) is 0. The Kier molecular flexibility index (Phi) is 8.51. The topological polar surface area (TPSA) is 102 Å². The van der Waals surface area contributed by atoms with E-state index in [1.54, 1.807) is 7.05 Å². The lowest BCUT2D eigenvalue weighted by atomic mass is 10.0. The number of likely N-dealkylation sites (N-methyl/N-ethyl adjacent to an activating group) is 1. The fourth-order valence-corrected chi connectivity index (χ4v) is 5.54. The van der Waals surface area contributed by atoms with Crippen molar-refractivity contribution in [2.75, 3.05) is 80.0 Å². The third-order valence-corrected chi connectivity index (χ3v) is 7.68. The fraction of sp³-hybridized carbons (Fsp3) is 0.609. The van der Waals surface area contributed by atoms with Gasteiger partial charge in [0.15, 0.2) is 0 Å². The first kappa shape index (κ1) is 25.7. The molecule has 35 heavy (non-hydrogen) atoms. The maximum absolute atomic E-state index is 13.0. The Bertz CT molecular complexity index is 1060. The summed E-state index contributed by atoms with van der Waals surface area (Å²) in [6.07, 6.45) is 1.27. The molecule has 2 N–H and O–H groups in total. The average Bonchev–Trinajstić information content (AvgIpc) is 2.89. The molecule has 0 radical (unpaired) electrons. The number of rotatable bonds is 7. The molecule has 0 spiro atoms. The van der Waals surface area contributed by atoms with Crippen LogP contribution in [0.3, 0.4) is 0 Å². The van der Waals surface area contributed by atoms with Crippen LogP contribution in [0.5, 0.6) is 0 Å². The summed E-state index contributed by atoms with van der Waals surface area (Å²) >= 11 is 8.76. The number of aryl methyl sites for hydroxylation is 1. The van der Waals surface area contributed by atoms with Crippen molar-refractivity contribution in [2.45, 2.75) is 26.7 Å². The predicted octanol–water partition coefficient (Wildman–Crippen LogP) is 2.45. The number of nitrogens with one attached hydrogen (secondary N) is 2. The smallest absolute Gasteiger partial charge is 0.255 e. The van der Waals surface area contributed by atoms with Gasteiger partial charge in [0.05, 0.1) is 10.6 Å². The number of amides is 1. The fourth-order valence-electron chi connectivity index (χ4n) is 4.25. The van der Waals surface area contributed by atoms with Crippen molar-refractivity contribution < 1.29 is 4.79 Å². The van der Waals surface area contributed by atoms with Crippen molar-refractivity contribution in [3.8, 4) is 0 Å². The number of thioether (sulfide) groups is 1. The van der Waals surface area contributed by atoms with Gasteiger partial charge in [-0.05, 0) is 19.0 Å². The highest BCUT2D eigenvalue weighted by Gasteiger charge is 2.27. The molecule has 10 nitrogen and oxygen atoms in total. The third kappa shape index (κ3) is 5.73. The first-order valence-electron chi connectivity index (χ1n) is 12.2. The van der Waals surface area contributed by atoms with E-state index in [1.165, 1.54) is 0 Å². The highest BCUT2D eigenvalue weighted by Crippen LogP contribution is 2.36. The van der Waals surface area contributed by atoms with Crippen LogP contribution in [0.4, 0.5) is 23.5 Å². The van der Waals surface area contributed by atoms with E-state index in [0.717, 1.165) is 56.3 Å². The first-order chi connectivity index (χ1) is 16.9. The van der Waals surface area contributed by atoms with Crippen molar-refractivity contribution in [3.05, 3.63) is 22.0 Å². The summed E-state index contributed by atoms with van der Waals surface area (Å²) in [6.45, 7) is 9.34. The summed E-state index contributed by atoms with van der Waals surface area (Å²) in [5.41, 5.74) is 1.19. The number of nitrogens with zero attached hydrogens (tertiary/aromatic N) is 7. The standard InChI is InChI=1S/C23H34ClN9OS/c1-5-15-17(21(34)25-3)19(28-20(18(15)24)32-11-13-35-14-12-32)29-22-26-16(6-2)27-23(30-22)33-9-7-31(4)8-10-33/h5-14H2,1-4H3,(H,25,34)(H,26,27,28,29,30). The predicted molar refractivity (Wildman–Crippen MR) is 144 cm³/mol. The molecule has 4 heterocycles. The Morgan fingerprint density at radius 1 is 0.971 bits per heavy atom. The molecule has 2 fully saturated rings. The number of hydrogen-bond donors (Lipinski definition) is 2. The van der Waals surface area contributed by atoms with E-state index in [0.29, 0.717) is 52.8 Å². The molecule has 2 aromatic heterocycles. The number of carbonyl (C=O) groups excluding carboxylic acids is 1. The molecule has 4 rings (SSSR count). The average molecular weight is 520 g/mol. The van der Waals surface area contributed by atoms with Crippen LogP contribution < -0.4 is 20.4 Å². The Labute approximate surface area is 216 Å². The zero-order valence-electron chi connectivity index (χ0n) is 20.9. The summed E-state index contributed by atoms with van der Waals surface area (Å²) in [5, 5.41) is 6.54. The van der Waals surface area contributed by atoms with Crippen molar-refractivity contribution in [1.29, 1.82) is 0 Å². The first-order valence-corrected chi connectivity index (χ1v) is 13.7. The number of pyridine rings is 1. The number of carbonyl (C=O) groups is 1. The summed E-state index contributed by atoms with van der Waals surface area (Å²) in [4.78, 5) is 38.5. The van der Waals surface area contributed by atoms with Crippen LogP contribution >= 0.6 is 23.4 Å². The van der Waals surface area contributed by atoms with Crippen molar-refractivity contribution in [2.24, 2.45) is 0 Å². The maximum atomic E-state index is 13.0. The molecule has 2 aromatic rings. The van der Waals surface area contributed by atoms with E-state index in [4.69, 9.17) is 21.6 Å². The number of hydrogen-bond acceptors (Lipinski definition) is 10. The molecule has 0 bridgehead atoms. The van der Waals surface area contributed by atoms with E-state index >= 15 is 0 Å². The van der Waals surface area contributed by atoms with Gasteiger partial charge < -0.3 is 25.3 Å². The van der Waals surface area contributed by atoms with Crippen LogP contribution in [0, 0.1) is 0 Å². The molecule has 2 saturated heterocycles. The van der Waals surface area contributed by atoms with E-state index in [1.807, 2.05) is 25.6 Å². The number of anilines is 4. The molecule has 0 aliphatic carbocycles. The Balaban J connectivity index is 1.77. The molecule has 190 valence electrons. The summed E-state index contributed by atoms with van der Waals surface area (Å²) < 4.78 is 0. The molecule has 2 aliphatic rings. The zero-order chi connectivity index (χ0) is 24.9. The third-order valence-electron chi connectivity index (χ3n) is 6.34. The van der Waals surface area contributed by atoms with Gasteiger partial charge in [0, 0.05) is 64.2 Å². The van der Waals surface area contributed by atoms with Gasteiger partial charge in [0.25, 0.3) is 5.91 Å².